The molecule has 1 aliphatic rings. The predicted molar refractivity (Wildman–Crippen MR) is 74.4 cm³/mol. The fourth-order valence-corrected chi connectivity index (χ4v) is 3.68. The quantitative estimate of drug-likeness (QED) is 0.908. The van der Waals surface area contributed by atoms with Gasteiger partial charge in [-0.25, -0.2) is 0 Å². The van der Waals surface area contributed by atoms with Crippen LogP contribution in [0.25, 0.3) is 0 Å². The van der Waals surface area contributed by atoms with E-state index in [1.165, 1.54) is 11.3 Å². The average Bonchev–Trinajstić information content (AvgIpc) is 2.69. The van der Waals surface area contributed by atoms with Gasteiger partial charge >= 0.3 is 0 Å². The standard InChI is InChI=1S/C13H18ClNO2S/c1-8-7-18-12(11(8)14)13(17)15(2)9-5-3-4-6-10(9)16/h7,9-10,16H,3-6H2,1-2H3. The van der Waals surface area contributed by atoms with Gasteiger partial charge in [0.25, 0.3) is 5.91 Å². The topological polar surface area (TPSA) is 40.5 Å². The van der Waals surface area contributed by atoms with Crippen molar-refractivity contribution in [3.8, 4) is 0 Å². The smallest absolute Gasteiger partial charge is 0.265 e. The molecule has 2 rings (SSSR count). The van der Waals surface area contributed by atoms with Gasteiger partial charge in [-0.15, -0.1) is 11.3 Å². The van der Waals surface area contributed by atoms with Crippen LogP contribution in [0, 0.1) is 6.92 Å². The SMILES string of the molecule is Cc1csc(C(=O)N(C)C2CCCCC2O)c1Cl. The average molecular weight is 288 g/mol. The van der Waals surface area contributed by atoms with Crippen LogP contribution in [0.3, 0.4) is 0 Å². The van der Waals surface area contributed by atoms with Crippen LogP contribution in [0.1, 0.15) is 40.9 Å². The molecule has 5 heteroatoms. The second kappa shape index (κ2) is 5.59. The maximum absolute atomic E-state index is 12.4. The van der Waals surface area contributed by atoms with E-state index in [0.717, 1.165) is 31.2 Å². The summed E-state index contributed by atoms with van der Waals surface area (Å²) in [6.45, 7) is 1.89. The highest BCUT2D eigenvalue weighted by molar-refractivity contribution is 7.13. The van der Waals surface area contributed by atoms with Crippen molar-refractivity contribution in [1.29, 1.82) is 0 Å². The van der Waals surface area contributed by atoms with Gasteiger partial charge in [0.1, 0.15) is 4.88 Å². The number of nitrogens with zero attached hydrogens (tertiary/aromatic N) is 1. The summed E-state index contributed by atoms with van der Waals surface area (Å²) in [6.07, 6.45) is 3.34. The molecule has 1 fully saturated rings. The molecule has 0 aliphatic heterocycles. The third kappa shape index (κ3) is 2.56. The molecule has 3 nitrogen and oxygen atoms in total. The van der Waals surface area contributed by atoms with Crippen molar-refractivity contribution in [2.45, 2.75) is 44.8 Å². The Morgan fingerprint density at radius 3 is 2.72 bits per heavy atom. The lowest BCUT2D eigenvalue weighted by molar-refractivity contribution is 0.0271. The van der Waals surface area contributed by atoms with Crippen LogP contribution in [0.2, 0.25) is 5.02 Å². The van der Waals surface area contributed by atoms with E-state index in [9.17, 15) is 9.90 Å². The molecule has 1 aromatic heterocycles. The fraction of sp³-hybridized carbons (Fsp3) is 0.615. The first-order valence-corrected chi connectivity index (χ1v) is 7.47. The lowest BCUT2D eigenvalue weighted by Crippen LogP contribution is -2.46. The molecule has 1 saturated carbocycles. The minimum atomic E-state index is -0.410. The third-order valence-electron chi connectivity index (χ3n) is 3.61. The number of rotatable bonds is 2. The summed E-state index contributed by atoms with van der Waals surface area (Å²) < 4.78 is 0. The number of carbonyl (C=O) groups is 1. The van der Waals surface area contributed by atoms with Gasteiger partial charge in [-0.3, -0.25) is 4.79 Å². The van der Waals surface area contributed by atoms with E-state index in [1.54, 1.807) is 11.9 Å². The van der Waals surface area contributed by atoms with E-state index in [2.05, 4.69) is 0 Å². The second-order valence-corrected chi connectivity index (χ2v) is 6.15. The second-order valence-electron chi connectivity index (χ2n) is 4.90. The monoisotopic (exact) mass is 287 g/mol. The van der Waals surface area contributed by atoms with Gasteiger partial charge in [0.15, 0.2) is 0 Å². The minimum absolute atomic E-state index is 0.0790. The molecule has 1 aliphatic carbocycles. The first-order chi connectivity index (χ1) is 8.52. The number of likely N-dealkylation sites (N-methyl/N-ethyl adjacent to an activating group) is 1. The largest absolute Gasteiger partial charge is 0.391 e. The normalized spacial score (nSPS) is 24.0. The van der Waals surface area contributed by atoms with E-state index in [0.29, 0.717) is 9.90 Å². The van der Waals surface area contributed by atoms with E-state index in [4.69, 9.17) is 11.6 Å². The number of amides is 1. The highest BCUT2D eigenvalue weighted by atomic mass is 35.5. The molecule has 0 bridgehead atoms. The van der Waals surface area contributed by atoms with Gasteiger partial charge in [-0.2, -0.15) is 0 Å². The van der Waals surface area contributed by atoms with Gasteiger partial charge in [-0.1, -0.05) is 24.4 Å². The molecule has 0 radical (unpaired) electrons. The van der Waals surface area contributed by atoms with Gasteiger partial charge in [-0.05, 0) is 30.7 Å². The third-order valence-corrected chi connectivity index (χ3v) is 5.29. The zero-order valence-electron chi connectivity index (χ0n) is 10.6. The fourth-order valence-electron chi connectivity index (χ4n) is 2.43. The molecule has 2 atom stereocenters. The van der Waals surface area contributed by atoms with Crippen molar-refractivity contribution in [3.05, 3.63) is 20.8 Å². The van der Waals surface area contributed by atoms with Crippen molar-refractivity contribution < 1.29 is 9.90 Å². The number of thiophene rings is 1. The summed E-state index contributed by atoms with van der Waals surface area (Å²) in [5.74, 6) is -0.0796. The number of carbonyl (C=O) groups excluding carboxylic acids is 1. The van der Waals surface area contributed by atoms with Crippen molar-refractivity contribution in [1.82, 2.24) is 4.90 Å². The van der Waals surface area contributed by atoms with Crippen LogP contribution < -0.4 is 0 Å². The Morgan fingerprint density at radius 1 is 1.50 bits per heavy atom. The van der Waals surface area contributed by atoms with Crippen LogP contribution in [-0.4, -0.2) is 35.1 Å². The van der Waals surface area contributed by atoms with Crippen LogP contribution in [-0.2, 0) is 0 Å². The maximum atomic E-state index is 12.4. The first-order valence-electron chi connectivity index (χ1n) is 6.21. The molecular formula is C13H18ClNO2S. The Balaban J connectivity index is 2.15. The predicted octanol–water partition coefficient (Wildman–Crippen LogP) is 3.09. The minimum Gasteiger partial charge on any atom is -0.391 e. The molecule has 0 spiro atoms. The van der Waals surface area contributed by atoms with Gasteiger partial charge in [0.05, 0.1) is 17.2 Å². The number of hydrogen-bond donors (Lipinski definition) is 1. The van der Waals surface area contributed by atoms with E-state index >= 15 is 0 Å². The maximum Gasteiger partial charge on any atom is 0.265 e. The van der Waals surface area contributed by atoms with Crippen LogP contribution in [0.5, 0.6) is 0 Å². The zero-order chi connectivity index (χ0) is 13.3. The lowest BCUT2D eigenvalue weighted by atomic mass is 9.91. The van der Waals surface area contributed by atoms with Gasteiger partial charge in [0.2, 0.25) is 0 Å². The first kappa shape index (κ1) is 13.8. The molecule has 2 unspecified atom stereocenters. The van der Waals surface area contributed by atoms with Crippen molar-refractivity contribution >= 4 is 28.8 Å². The van der Waals surface area contributed by atoms with Crippen molar-refractivity contribution in [2.75, 3.05) is 7.05 Å². The number of aryl methyl sites for hydroxylation is 1. The summed E-state index contributed by atoms with van der Waals surface area (Å²) in [5, 5.41) is 12.4. The molecule has 1 aromatic rings. The van der Waals surface area contributed by atoms with Crippen molar-refractivity contribution in [2.24, 2.45) is 0 Å². The number of aliphatic hydroxyl groups is 1. The molecule has 100 valence electrons. The highest BCUT2D eigenvalue weighted by Gasteiger charge is 2.31. The molecule has 1 amide bonds. The summed E-state index contributed by atoms with van der Waals surface area (Å²) in [5.41, 5.74) is 0.933. The number of halogens is 1. The summed E-state index contributed by atoms with van der Waals surface area (Å²) in [7, 11) is 1.76. The van der Waals surface area contributed by atoms with Gasteiger partial charge in [0, 0.05) is 7.05 Å². The highest BCUT2D eigenvalue weighted by Crippen LogP contribution is 2.30. The molecular weight excluding hydrogens is 270 g/mol. The Hall–Kier alpha value is -0.580. The van der Waals surface area contributed by atoms with Crippen molar-refractivity contribution in [3.63, 3.8) is 0 Å². The number of aliphatic hydroxyl groups excluding tert-OH is 1. The Morgan fingerprint density at radius 2 is 2.17 bits per heavy atom. The van der Waals surface area contributed by atoms with E-state index < -0.39 is 6.10 Å². The molecule has 1 heterocycles. The summed E-state index contributed by atoms with van der Waals surface area (Å²) in [6, 6.07) is -0.0790. The van der Waals surface area contributed by atoms with Crippen LogP contribution in [0.4, 0.5) is 0 Å². The Labute approximate surface area is 116 Å². The van der Waals surface area contributed by atoms with Gasteiger partial charge < -0.3 is 10.0 Å². The molecule has 18 heavy (non-hydrogen) atoms. The molecule has 0 aromatic carbocycles. The van der Waals surface area contributed by atoms with Crippen LogP contribution in [0.15, 0.2) is 5.38 Å². The Bertz CT molecular complexity index is 446. The lowest BCUT2D eigenvalue weighted by Gasteiger charge is -2.35. The van der Waals surface area contributed by atoms with Crippen LogP contribution >= 0.6 is 22.9 Å². The summed E-state index contributed by atoms with van der Waals surface area (Å²) in [4.78, 5) is 14.6. The Kier molecular flexibility index (Phi) is 4.30. The van der Waals surface area contributed by atoms with E-state index in [-0.39, 0.29) is 11.9 Å². The van der Waals surface area contributed by atoms with E-state index in [1.807, 2.05) is 12.3 Å². The molecule has 1 N–H and O–H groups in total. The molecule has 0 saturated heterocycles. The number of hydrogen-bond acceptors (Lipinski definition) is 3. The summed E-state index contributed by atoms with van der Waals surface area (Å²) >= 11 is 7.50. The zero-order valence-corrected chi connectivity index (χ0v) is 12.2.